The van der Waals surface area contributed by atoms with Gasteiger partial charge in [0.15, 0.2) is 19.0 Å². The average molecular weight is 452 g/mol. The number of hydrogen-bond donors (Lipinski definition) is 1. The highest BCUT2D eigenvalue weighted by atomic mass is 19.1. The number of hydrogen-bond acceptors (Lipinski definition) is 6. The lowest BCUT2D eigenvalue weighted by atomic mass is 10.1. The summed E-state index contributed by atoms with van der Waals surface area (Å²) in [5.41, 5.74) is 0.599. The van der Waals surface area contributed by atoms with Crippen LogP contribution in [0.1, 0.15) is 23.0 Å². The first-order valence-electron chi connectivity index (χ1n) is 10.2. The van der Waals surface area contributed by atoms with Gasteiger partial charge >= 0.3 is 0 Å². The zero-order chi connectivity index (χ0) is 23.4. The lowest BCUT2D eigenvalue weighted by Gasteiger charge is -2.33. The number of rotatable bonds is 8. The summed E-state index contributed by atoms with van der Waals surface area (Å²) in [6, 6.07) is 12.5. The number of fused-ring (bicyclic) bond motifs is 1. The molecular formula is C24H21FN2O6. The van der Waals surface area contributed by atoms with Gasteiger partial charge in [0.25, 0.3) is 5.91 Å². The SMILES string of the molecule is CC(C(=O)NCc1ccco1)N1C(=O)COc2ccc(C(=O)COc3ccc(F)cc3)cc21. The number of carbonyl (C=O) groups excluding carboxylic acids is 3. The molecule has 1 atom stereocenters. The van der Waals surface area contributed by atoms with Crippen LogP contribution in [0.3, 0.4) is 0 Å². The number of carbonyl (C=O) groups is 3. The fourth-order valence-electron chi connectivity index (χ4n) is 3.38. The minimum Gasteiger partial charge on any atom is -0.485 e. The molecule has 0 fully saturated rings. The molecular weight excluding hydrogens is 431 g/mol. The number of anilines is 1. The topological polar surface area (TPSA) is 98.1 Å². The first-order valence-corrected chi connectivity index (χ1v) is 10.2. The van der Waals surface area contributed by atoms with Crippen LogP contribution in [0, 0.1) is 5.82 Å². The van der Waals surface area contributed by atoms with Crippen LogP contribution in [-0.2, 0) is 16.1 Å². The molecule has 0 saturated heterocycles. The van der Waals surface area contributed by atoms with Crippen LogP contribution in [0.25, 0.3) is 0 Å². The van der Waals surface area contributed by atoms with E-state index in [1.807, 2.05) is 0 Å². The van der Waals surface area contributed by atoms with Gasteiger partial charge in [-0.1, -0.05) is 0 Å². The molecule has 1 aromatic heterocycles. The van der Waals surface area contributed by atoms with E-state index >= 15 is 0 Å². The summed E-state index contributed by atoms with van der Waals surface area (Å²) < 4.78 is 29.1. The Bertz CT molecular complexity index is 1160. The maximum atomic E-state index is 13.0. The van der Waals surface area contributed by atoms with Crippen LogP contribution in [0.4, 0.5) is 10.1 Å². The third-order valence-electron chi connectivity index (χ3n) is 5.13. The van der Waals surface area contributed by atoms with Gasteiger partial charge in [-0.15, -0.1) is 0 Å². The number of furan rings is 1. The van der Waals surface area contributed by atoms with Crippen molar-refractivity contribution in [3.8, 4) is 11.5 Å². The normalized spacial score (nSPS) is 13.6. The van der Waals surface area contributed by atoms with Crippen LogP contribution in [0.5, 0.6) is 11.5 Å². The van der Waals surface area contributed by atoms with Gasteiger partial charge in [-0.25, -0.2) is 4.39 Å². The summed E-state index contributed by atoms with van der Waals surface area (Å²) in [6.45, 7) is 1.28. The van der Waals surface area contributed by atoms with Crippen LogP contribution in [0.2, 0.25) is 0 Å². The van der Waals surface area contributed by atoms with Crippen LogP contribution in [-0.4, -0.2) is 36.9 Å². The minimum absolute atomic E-state index is 0.181. The Morgan fingerprint density at radius 1 is 1.18 bits per heavy atom. The second-order valence-corrected chi connectivity index (χ2v) is 7.37. The van der Waals surface area contributed by atoms with E-state index < -0.39 is 17.8 Å². The van der Waals surface area contributed by atoms with Crippen LogP contribution in [0.15, 0.2) is 65.3 Å². The van der Waals surface area contributed by atoms with Gasteiger partial charge in [0, 0.05) is 5.56 Å². The summed E-state index contributed by atoms with van der Waals surface area (Å²) in [5.74, 6) is -0.232. The highest BCUT2D eigenvalue weighted by Gasteiger charge is 2.33. The molecule has 3 aromatic rings. The maximum absolute atomic E-state index is 13.0. The molecule has 1 unspecified atom stereocenters. The summed E-state index contributed by atoms with van der Waals surface area (Å²) in [6.07, 6.45) is 1.50. The Kier molecular flexibility index (Phi) is 6.39. The molecule has 8 nitrogen and oxygen atoms in total. The smallest absolute Gasteiger partial charge is 0.265 e. The highest BCUT2D eigenvalue weighted by Crippen LogP contribution is 2.34. The van der Waals surface area contributed by atoms with E-state index in [-0.39, 0.29) is 37.0 Å². The second-order valence-electron chi connectivity index (χ2n) is 7.37. The molecule has 2 heterocycles. The lowest BCUT2D eigenvalue weighted by molar-refractivity contribution is -0.127. The van der Waals surface area contributed by atoms with E-state index in [2.05, 4.69) is 5.32 Å². The molecule has 0 aliphatic carbocycles. The Labute approximate surface area is 188 Å². The quantitative estimate of drug-likeness (QED) is 0.528. The molecule has 2 amide bonds. The van der Waals surface area contributed by atoms with E-state index in [1.54, 1.807) is 31.2 Å². The minimum atomic E-state index is -0.851. The van der Waals surface area contributed by atoms with E-state index in [1.165, 1.54) is 41.5 Å². The van der Waals surface area contributed by atoms with Crippen molar-refractivity contribution < 1.29 is 32.7 Å². The highest BCUT2D eigenvalue weighted by molar-refractivity contribution is 6.05. The summed E-state index contributed by atoms with van der Waals surface area (Å²) in [5, 5.41) is 2.73. The van der Waals surface area contributed by atoms with Crippen molar-refractivity contribution in [1.82, 2.24) is 5.32 Å². The van der Waals surface area contributed by atoms with Crippen LogP contribution < -0.4 is 19.7 Å². The Morgan fingerprint density at radius 3 is 2.70 bits per heavy atom. The number of halogens is 1. The number of benzene rings is 2. The molecule has 33 heavy (non-hydrogen) atoms. The zero-order valence-corrected chi connectivity index (χ0v) is 17.7. The standard InChI is InChI=1S/C24H21FN2O6/c1-15(24(30)26-12-19-3-2-10-31-19)27-20-11-16(4-9-22(20)33-14-23(27)29)21(28)13-32-18-7-5-17(25)6-8-18/h2-11,15H,12-14H2,1H3,(H,26,30). The third-order valence-corrected chi connectivity index (χ3v) is 5.13. The largest absolute Gasteiger partial charge is 0.485 e. The van der Waals surface area contributed by atoms with E-state index in [0.717, 1.165) is 0 Å². The first kappa shape index (κ1) is 22.1. The van der Waals surface area contributed by atoms with Crippen molar-refractivity contribution in [1.29, 1.82) is 0 Å². The molecule has 0 bridgehead atoms. The molecule has 170 valence electrons. The number of Topliss-reactive ketones (excluding diaryl/α,β-unsaturated/α-hetero) is 1. The van der Waals surface area contributed by atoms with Crippen molar-refractivity contribution in [3.63, 3.8) is 0 Å². The number of amides is 2. The first-order chi connectivity index (χ1) is 15.9. The summed E-state index contributed by atoms with van der Waals surface area (Å²) >= 11 is 0. The van der Waals surface area contributed by atoms with Crippen molar-refractivity contribution in [3.05, 3.63) is 78.0 Å². The molecule has 2 aromatic carbocycles. The van der Waals surface area contributed by atoms with E-state index in [4.69, 9.17) is 13.9 Å². The zero-order valence-electron chi connectivity index (χ0n) is 17.7. The van der Waals surface area contributed by atoms with Gasteiger partial charge in [0.2, 0.25) is 5.91 Å². The summed E-state index contributed by atoms with van der Waals surface area (Å²) in [7, 11) is 0. The van der Waals surface area contributed by atoms with Gasteiger partial charge in [-0.05, 0) is 61.5 Å². The fraction of sp³-hybridized carbons (Fsp3) is 0.208. The molecule has 1 N–H and O–H groups in total. The average Bonchev–Trinajstić information content (AvgIpc) is 3.35. The lowest BCUT2D eigenvalue weighted by Crippen LogP contribution is -2.51. The fourth-order valence-corrected chi connectivity index (χ4v) is 3.38. The maximum Gasteiger partial charge on any atom is 0.265 e. The third kappa shape index (κ3) is 5.03. The summed E-state index contributed by atoms with van der Waals surface area (Å²) in [4.78, 5) is 39.3. The molecule has 1 aliphatic rings. The van der Waals surface area contributed by atoms with Gasteiger partial charge in [-0.2, -0.15) is 0 Å². The Hall–Kier alpha value is -4.14. The second kappa shape index (κ2) is 9.56. The van der Waals surface area contributed by atoms with Crippen molar-refractivity contribution in [2.24, 2.45) is 0 Å². The number of nitrogens with one attached hydrogen (secondary N) is 1. The van der Waals surface area contributed by atoms with Gasteiger partial charge in [0.05, 0.1) is 18.5 Å². The molecule has 0 saturated carbocycles. The Morgan fingerprint density at radius 2 is 1.97 bits per heavy atom. The van der Waals surface area contributed by atoms with Crippen LogP contribution >= 0.6 is 0 Å². The monoisotopic (exact) mass is 452 g/mol. The van der Waals surface area contributed by atoms with Gasteiger partial charge in [0.1, 0.15) is 29.1 Å². The van der Waals surface area contributed by atoms with Crippen molar-refractivity contribution in [2.45, 2.75) is 19.5 Å². The Balaban J connectivity index is 1.48. The predicted octanol–water partition coefficient (Wildman–Crippen LogP) is 3.11. The van der Waals surface area contributed by atoms with Crippen molar-refractivity contribution >= 4 is 23.3 Å². The van der Waals surface area contributed by atoms with E-state index in [9.17, 15) is 18.8 Å². The molecule has 1 aliphatic heterocycles. The van der Waals surface area contributed by atoms with Crippen molar-refractivity contribution in [2.75, 3.05) is 18.1 Å². The van der Waals surface area contributed by atoms with E-state index in [0.29, 0.717) is 22.9 Å². The number of nitrogens with zero attached hydrogens (tertiary/aromatic N) is 1. The molecule has 4 rings (SSSR count). The molecule has 0 spiro atoms. The van der Waals surface area contributed by atoms with Gasteiger partial charge < -0.3 is 19.2 Å². The molecule has 9 heteroatoms. The van der Waals surface area contributed by atoms with Gasteiger partial charge in [-0.3, -0.25) is 19.3 Å². The predicted molar refractivity (Wildman–Crippen MR) is 116 cm³/mol. The number of ether oxygens (including phenoxy) is 2. The molecule has 0 radical (unpaired) electrons. The number of ketones is 1.